The Morgan fingerprint density at radius 3 is 2.04 bits per heavy atom. The zero-order valence-electron chi connectivity index (χ0n) is 27.4. The lowest BCUT2D eigenvalue weighted by Crippen LogP contribution is -2.35. The van der Waals surface area contributed by atoms with Crippen molar-refractivity contribution in [3.05, 3.63) is 142 Å². The van der Waals surface area contributed by atoms with Crippen molar-refractivity contribution < 1.29 is 4.57 Å². The van der Waals surface area contributed by atoms with Crippen molar-refractivity contribution >= 4 is 45.5 Å². The van der Waals surface area contributed by atoms with Gasteiger partial charge in [0.25, 0.3) is 0 Å². The summed E-state index contributed by atoms with van der Waals surface area (Å²) in [6, 6.07) is 27.1. The lowest BCUT2D eigenvalue weighted by atomic mass is 9.96. The second-order valence-electron chi connectivity index (χ2n) is 12.3. The number of nitrogens with zero attached hydrogens (tertiary/aromatic N) is 8. The molecular formula is C39H35N8+. The fraction of sp³-hybridized carbons (Fsp3) is 0.154. The van der Waals surface area contributed by atoms with Crippen LogP contribution in [-0.4, -0.2) is 29.2 Å². The van der Waals surface area contributed by atoms with Crippen molar-refractivity contribution in [2.45, 2.75) is 41.5 Å². The Labute approximate surface area is 273 Å². The summed E-state index contributed by atoms with van der Waals surface area (Å²) in [5.41, 5.74) is 14.1. The largest absolute Gasteiger partial charge is 0.365 e. The molecule has 8 nitrogen and oxygen atoms in total. The number of para-hydroxylation sites is 2. The van der Waals surface area contributed by atoms with E-state index >= 15 is 0 Å². The van der Waals surface area contributed by atoms with Gasteiger partial charge in [0, 0.05) is 29.0 Å². The Kier molecular flexibility index (Phi) is 6.61. The van der Waals surface area contributed by atoms with Gasteiger partial charge in [0.05, 0.1) is 16.4 Å². The normalized spacial score (nSPS) is 14.2. The third kappa shape index (κ3) is 4.63. The lowest BCUT2D eigenvalue weighted by Gasteiger charge is -2.26. The summed E-state index contributed by atoms with van der Waals surface area (Å²) in [5.74, 6) is 0.863. The minimum atomic E-state index is 0.849. The predicted molar refractivity (Wildman–Crippen MR) is 188 cm³/mol. The summed E-state index contributed by atoms with van der Waals surface area (Å²) in [6.07, 6.45) is 8.66. The van der Waals surface area contributed by atoms with Gasteiger partial charge in [0.15, 0.2) is 17.1 Å². The molecule has 5 aromatic heterocycles. The molecule has 6 heterocycles. The third-order valence-electron chi connectivity index (χ3n) is 8.80. The van der Waals surface area contributed by atoms with Crippen LogP contribution in [0.5, 0.6) is 0 Å². The summed E-state index contributed by atoms with van der Waals surface area (Å²) in [6.45, 7) is 12.5. The van der Waals surface area contributed by atoms with Crippen molar-refractivity contribution in [3.63, 3.8) is 0 Å². The smallest absolute Gasteiger partial charge is 0.299 e. The molecule has 2 aromatic carbocycles. The van der Waals surface area contributed by atoms with Gasteiger partial charge >= 0.3 is 5.65 Å². The first-order valence-corrected chi connectivity index (χ1v) is 15.8. The molecule has 1 aliphatic rings. The van der Waals surface area contributed by atoms with Crippen LogP contribution in [0.25, 0.3) is 39.7 Å². The Morgan fingerprint density at radius 1 is 0.702 bits per heavy atom. The van der Waals surface area contributed by atoms with E-state index in [1.807, 2.05) is 35.0 Å². The highest BCUT2D eigenvalue weighted by Gasteiger charge is 2.29. The van der Waals surface area contributed by atoms with Crippen LogP contribution in [-0.2, 0) is 0 Å². The van der Waals surface area contributed by atoms with Crippen LogP contribution in [0.15, 0.2) is 103 Å². The molecule has 0 atom stereocenters. The molecule has 0 spiro atoms. The van der Waals surface area contributed by atoms with E-state index in [0.29, 0.717) is 0 Å². The predicted octanol–water partition coefficient (Wildman–Crippen LogP) is 7.90. The monoisotopic (exact) mass is 615 g/mol. The molecule has 1 aliphatic heterocycles. The van der Waals surface area contributed by atoms with Gasteiger partial charge in [-0.05, 0) is 101 Å². The number of benzene rings is 2. The van der Waals surface area contributed by atoms with Crippen LogP contribution < -0.4 is 9.47 Å². The molecule has 0 bridgehead atoms. The van der Waals surface area contributed by atoms with E-state index in [9.17, 15) is 0 Å². The van der Waals surface area contributed by atoms with Gasteiger partial charge in [0.1, 0.15) is 16.8 Å². The van der Waals surface area contributed by atoms with Crippen molar-refractivity contribution in [2.75, 3.05) is 4.90 Å². The quantitative estimate of drug-likeness (QED) is 0.188. The lowest BCUT2D eigenvalue weighted by molar-refractivity contribution is -0.576. The fourth-order valence-corrected chi connectivity index (χ4v) is 6.78. The SMILES string of the molecule is CC1=CN(c2ccccc2)c2nn3c(C)cc(C)nc3c2/C1=C/C=C/c1cc(C)[n+](-c2ccccc2)c2nn3c(C)cc(C)nc3c12. The van der Waals surface area contributed by atoms with Crippen molar-refractivity contribution in [3.8, 4) is 5.69 Å². The minimum absolute atomic E-state index is 0.849. The van der Waals surface area contributed by atoms with Crippen LogP contribution >= 0.6 is 0 Å². The molecule has 8 heteroatoms. The number of anilines is 2. The summed E-state index contributed by atoms with van der Waals surface area (Å²) >= 11 is 0. The number of hydrogen-bond acceptors (Lipinski definition) is 5. The van der Waals surface area contributed by atoms with Crippen LogP contribution in [0.1, 0.15) is 46.5 Å². The van der Waals surface area contributed by atoms with E-state index in [1.165, 1.54) is 0 Å². The molecule has 8 rings (SSSR count). The van der Waals surface area contributed by atoms with Crippen molar-refractivity contribution in [1.82, 2.24) is 29.2 Å². The molecule has 7 aromatic rings. The second kappa shape index (κ2) is 10.9. The average Bonchev–Trinajstić information content (AvgIpc) is 3.62. The highest BCUT2D eigenvalue weighted by atomic mass is 15.3. The van der Waals surface area contributed by atoms with E-state index in [4.69, 9.17) is 20.2 Å². The molecule has 0 saturated heterocycles. The van der Waals surface area contributed by atoms with Crippen LogP contribution in [0.3, 0.4) is 0 Å². The minimum Gasteiger partial charge on any atom is -0.299 e. The van der Waals surface area contributed by atoms with Gasteiger partial charge in [-0.15, -0.1) is 9.61 Å². The standard InChI is InChI=1S/C39H35N8/c1-24-23-44(31-15-9-7-10-16-31)38-35(37-41-26(3)21-29(6)47(37)42-38)33(24)19-13-14-30-22-27(4)45(32-17-11-8-12-18-32)39-34(30)36-40-25(2)20-28(5)46(36)43-39/h7-23H,1-6H3/q+1. The molecule has 0 saturated carbocycles. The molecule has 0 unspecified atom stereocenters. The molecule has 0 aliphatic carbocycles. The average molecular weight is 616 g/mol. The molecular weight excluding hydrogens is 580 g/mol. The summed E-state index contributed by atoms with van der Waals surface area (Å²) < 4.78 is 6.13. The number of allylic oxidation sites excluding steroid dienone is 4. The number of aryl methyl sites for hydroxylation is 5. The molecule has 0 fully saturated rings. The maximum atomic E-state index is 5.11. The van der Waals surface area contributed by atoms with Crippen LogP contribution in [0.4, 0.5) is 11.5 Å². The van der Waals surface area contributed by atoms with E-state index in [2.05, 4.69) is 128 Å². The number of fused-ring (bicyclic) bond motifs is 6. The molecule has 47 heavy (non-hydrogen) atoms. The molecule has 0 radical (unpaired) electrons. The summed E-state index contributed by atoms with van der Waals surface area (Å²) in [5, 5.41) is 11.2. The van der Waals surface area contributed by atoms with Gasteiger partial charge in [-0.25, -0.2) is 14.5 Å². The van der Waals surface area contributed by atoms with E-state index in [0.717, 1.165) is 90.3 Å². The zero-order valence-corrected chi connectivity index (χ0v) is 27.4. The maximum absolute atomic E-state index is 5.11. The van der Waals surface area contributed by atoms with E-state index in [1.54, 1.807) is 0 Å². The third-order valence-corrected chi connectivity index (χ3v) is 8.80. The maximum Gasteiger partial charge on any atom is 0.365 e. The molecule has 0 amide bonds. The zero-order chi connectivity index (χ0) is 32.4. The summed E-state index contributed by atoms with van der Waals surface area (Å²) in [4.78, 5) is 12.1. The van der Waals surface area contributed by atoms with E-state index < -0.39 is 0 Å². The topological polar surface area (TPSA) is 67.5 Å². The van der Waals surface area contributed by atoms with Gasteiger partial charge in [0.2, 0.25) is 0 Å². The first kappa shape index (κ1) is 28.6. The van der Waals surface area contributed by atoms with Gasteiger partial charge < -0.3 is 0 Å². The molecule has 230 valence electrons. The second-order valence-corrected chi connectivity index (χ2v) is 12.3. The Morgan fingerprint density at radius 2 is 1.34 bits per heavy atom. The van der Waals surface area contributed by atoms with Crippen LogP contribution in [0.2, 0.25) is 0 Å². The number of aromatic nitrogens is 7. The number of rotatable bonds is 4. The number of pyridine rings is 1. The molecule has 0 N–H and O–H groups in total. The first-order chi connectivity index (χ1) is 22.8. The highest BCUT2D eigenvalue weighted by molar-refractivity contribution is 5.99. The first-order valence-electron chi connectivity index (χ1n) is 15.8. The van der Waals surface area contributed by atoms with Crippen molar-refractivity contribution in [2.24, 2.45) is 0 Å². The van der Waals surface area contributed by atoms with Gasteiger partial charge in [-0.1, -0.05) is 54.6 Å². The number of hydrogen-bond donors (Lipinski definition) is 0. The fourth-order valence-electron chi connectivity index (χ4n) is 6.78. The Bertz CT molecular complexity index is 2460. The van der Waals surface area contributed by atoms with Gasteiger partial charge in [-0.2, -0.15) is 4.57 Å². The summed E-state index contributed by atoms with van der Waals surface area (Å²) in [7, 11) is 0. The van der Waals surface area contributed by atoms with Gasteiger partial charge in [-0.3, -0.25) is 4.90 Å². The Balaban J connectivity index is 1.33. The van der Waals surface area contributed by atoms with Crippen LogP contribution in [0, 0.1) is 34.6 Å². The van der Waals surface area contributed by atoms with E-state index in [-0.39, 0.29) is 0 Å². The highest BCUT2D eigenvalue weighted by Crippen LogP contribution is 2.42. The van der Waals surface area contributed by atoms with Crippen molar-refractivity contribution in [1.29, 1.82) is 0 Å². The Hall–Kier alpha value is -5.89.